The van der Waals surface area contributed by atoms with Gasteiger partial charge in [0, 0.05) is 11.9 Å². The summed E-state index contributed by atoms with van der Waals surface area (Å²) in [7, 11) is 0. The average molecular weight is 208 g/mol. The number of nitriles is 1. The summed E-state index contributed by atoms with van der Waals surface area (Å²) in [5, 5.41) is 8.72. The zero-order valence-corrected chi connectivity index (χ0v) is 8.75. The standard InChI is InChI=1S/C9H8N2S2/c1-6-2-3-11-8(6)4-7(5-10)9(12)13/h2-4,11H,1H3,(H,12,13). The van der Waals surface area contributed by atoms with Gasteiger partial charge in [-0.1, -0.05) is 12.2 Å². The molecule has 0 unspecified atom stereocenters. The number of nitrogens with one attached hydrogen (secondary N) is 1. The molecule has 66 valence electrons. The van der Waals surface area contributed by atoms with Crippen molar-refractivity contribution in [3.63, 3.8) is 0 Å². The van der Waals surface area contributed by atoms with E-state index in [1.807, 2.05) is 25.3 Å². The van der Waals surface area contributed by atoms with E-state index in [-0.39, 0.29) is 0 Å². The van der Waals surface area contributed by atoms with E-state index < -0.39 is 0 Å². The second kappa shape index (κ2) is 4.26. The third-order valence-corrected chi connectivity index (χ3v) is 2.10. The summed E-state index contributed by atoms with van der Waals surface area (Å²) >= 11 is 8.74. The second-order valence-electron chi connectivity index (χ2n) is 2.55. The predicted molar refractivity (Wildman–Crippen MR) is 60.7 cm³/mol. The van der Waals surface area contributed by atoms with Gasteiger partial charge in [-0.05, 0) is 24.6 Å². The maximum absolute atomic E-state index is 8.72. The molecule has 0 amide bonds. The molecular formula is C9H8N2S2. The third-order valence-electron chi connectivity index (χ3n) is 1.64. The van der Waals surface area contributed by atoms with Crippen LogP contribution in [0.2, 0.25) is 0 Å². The first-order valence-electron chi connectivity index (χ1n) is 3.64. The molecule has 1 heterocycles. The van der Waals surface area contributed by atoms with Crippen LogP contribution in [0.25, 0.3) is 6.08 Å². The van der Waals surface area contributed by atoms with Crippen molar-refractivity contribution in [2.24, 2.45) is 0 Å². The number of hydrogen-bond donors (Lipinski definition) is 2. The van der Waals surface area contributed by atoms with Crippen LogP contribution in [0.15, 0.2) is 17.8 Å². The normalized spacial score (nSPS) is 11.0. The summed E-state index contributed by atoms with van der Waals surface area (Å²) in [6, 6.07) is 3.92. The topological polar surface area (TPSA) is 39.6 Å². The molecule has 1 aromatic heterocycles. The summed E-state index contributed by atoms with van der Waals surface area (Å²) < 4.78 is 0.316. The SMILES string of the molecule is Cc1cc[nH]c1C=C(C#N)C(=S)S. The Morgan fingerprint density at radius 3 is 2.85 bits per heavy atom. The predicted octanol–water partition coefficient (Wildman–Crippen LogP) is 2.49. The van der Waals surface area contributed by atoms with Crippen molar-refractivity contribution in [3.8, 4) is 6.07 Å². The number of rotatable bonds is 2. The highest BCUT2D eigenvalue weighted by Crippen LogP contribution is 2.11. The minimum absolute atomic E-state index is 0.316. The Bertz CT molecular complexity index is 396. The first-order valence-corrected chi connectivity index (χ1v) is 4.49. The second-order valence-corrected chi connectivity index (χ2v) is 3.71. The average Bonchev–Trinajstić information content (AvgIpc) is 2.46. The minimum Gasteiger partial charge on any atom is -0.361 e. The molecule has 0 saturated carbocycles. The van der Waals surface area contributed by atoms with Gasteiger partial charge in [-0.3, -0.25) is 0 Å². The molecule has 0 aliphatic rings. The fraction of sp³-hybridized carbons (Fsp3) is 0.111. The van der Waals surface area contributed by atoms with Gasteiger partial charge in [-0.15, -0.1) is 12.6 Å². The van der Waals surface area contributed by atoms with Crippen LogP contribution in [0, 0.1) is 18.3 Å². The van der Waals surface area contributed by atoms with Crippen molar-refractivity contribution in [1.82, 2.24) is 4.98 Å². The molecule has 1 rings (SSSR count). The van der Waals surface area contributed by atoms with Gasteiger partial charge in [0.25, 0.3) is 0 Å². The van der Waals surface area contributed by atoms with Gasteiger partial charge in [0.15, 0.2) is 0 Å². The van der Waals surface area contributed by atoms with Crippen LogP contribution in [0.4, 0.5) is 0 Å². The molecule has 1 N–H and O–H groups in total. The molecule has 0 spiro atoms. The van der Waals surface area contributed by atoms with Gasteiger partial charge in [-0.2, -0.15) is 5.26 Å². The lowest BCUT2D eigenvalue weighted by atomic mass is 10.2. The largest absolute Gasteiger partial charge is 0.361 e. The van der Waals surface area contributed by atoms with E-state index >= 15 is 0 Å². The van der Waals surface area contributed by atoms with Crippen molar-refractivity contribution < 1.29 is 0 Å². The summed E-state index contributed by atoms with van der Waals surface area (Å²) in [4.78, 5) is 3.00. The minimum atomic E-state index is 0.316. The van der Waals surface area contributed by atoms with Crippen LogP contribution in [0.3, 0.4) is 0 Å². The van der Waals surface area contributed by atoms with E-state index in [1.165, 1.54) is 0 Å². The number of hydrogen-bond acceptors (Lipinski definition) is 2. The van der Waals surface area contributed by atoms with Crippen molar-refractivity contribution in [2.75, 3.05) is 0 Å². The van der Waals surface area contributed by atoms with E-state index in [1.54, 1.807) is 6.08 Å². The summed E-state index contributed by atoms with van der Waals surface area (Å²) in [5.41, 5.74) is 2.38. The first kappa shape index (κ1) is 10.0. The van der Waals surface area contributed by atoms with Crippen LogP contribution in [-0.4, -0.2) is 9.18 Å². The Hall–Kier alpha value is -1.05. The van der Waals surface area contributed by atoms with Crippen molar-refractivity contribution in [1.29, 1.82) is 5.26 Å². The van der Waals surface area contributed by atoms with Crippen LogP contribution < -0.4 is 0 Å². The van der Waals surface area contributed by atoms with Gasteiger partial charge < -0.3 is 4.98 Å². The molecule has 2 nitrogen and oxygen atoms in total. The molecule has 0 aromatic carbocycles. The van der Waals surface area contributed by atoms with Gasteiger partial charge >= 0.3 is 0 Å². The highest BCUT2D eigenvalue weighted by molar-refractivity contribution is 8.11. The lowest BCUT2D eigenvalue weighted by Crippen LogP contribution is -1.87. The summed E-state index contributed by atoms with van der Waals surface area (Å²) in [5.74, 6) is 0. The van der Waals surface area contributed by atoms with E-state index in [2.05, 4.69) is 17.6 Å². The lowest BCUT2D eigenvalue weighted by Gasteiger charge is -1.93. The zero-order chi connectivity index (χ0) is 9.84. The molecule has 1 aromatic rings. The monoisotopic (exact) mass is 208 g/mol. The number of nitrogens with zero attached hydrogens (tertiary/aromatic N) is 1. The molecule has 0 saturated heterocycles. The maximum atomic E-state index is 8.72. The van der Waals surface area contributed by atoms with Crippen LogP contribution in [0.1, 0.15) is 11.3 Å². The zero-order valence-electron chi connectivity index (χ0n) is 7.03. The fourth-order valence-corrected chi connectivity index (χ4v) is 1.12. The highest BCUT2D eigenvalue weighted by Gasteiger charge is 2.01. The Balaban J connectivity index is 3.07. The summed E-state index contributed by atoms with van der Waals surface area (Å²) in [6.07, 6.45) is 3.52. The van der Waals surface area contributed by atoms with Crippen LogP contribution in [-0.2, 0) is 0 Å². The molecule has 13 heavy (non-hydrogen) atoms. The number of aryl methyl sites for hydroxylation is 1. The van der Waals surface area contributed by atoms with E-state index in [4.69, 9.17) is 17.5 Å². The Labute approximate surface area is 87.7 Å². The molecule has 0 atom stereocenters. The molecule has 0 fully saturated rings. The number of thiocarbonyl (C=S) groups is 1. The number of aromatic amines is 1. The van der Waals surface area contributed by atoms with Crippen LogP contribution >= 0.6 is 24.8 Å². The van der Waals surface area contributed by atoms with E-state index in [0.717, 1.165) is 11.3 Å². The molecule has 0 aliphatic carbocycles. The van der Waals surface area contributed by atoms with Crippen molar-refractivity contribution in [3.05, 3.63) is 29.1 Å². The molecular weight excluding hydrogens is 200 g/mol. The Kier molecular flexibility index (Phi) is 3.29. The van der Waals surface area contributed by atoms with Crippen molar-refractivity contribution >= 4 is 35.1 Å². The maximum Gasteiger partial charge on any atom is 0.101 e. The van der Waals surface area contributed by atoms with Gasteiger partial charge in [0.2, 0.25) is 0 Å². The van der Waals surface area contributed by atoms with Gasteiger partial charge in [-0.25, -0.2) is 0 Å². The molecule has 0 radical (unpaired) electrons. The fourth-order valence-electron chi connectivity index (χ4n) is 0.902. The van der Waals surface area contributed by atoms with Crippen LogP contribution in [0.5, 0.6) is 0 Å². The van der Waals surface area contributed by atoms with Gasteiger partial charge in [0.05, 0.1) is 9.77 Å². The number of thiol groups is 1. The molecule has 4 heteroatoms. The molecule has 0 bridgehead atoms. The van der Waals surface area contributed by atoms with Gasteiger partial charge in [0.1, 0.15) is 6.07 Å². The number of aromatic nitrogens is 1. The first-order chi connectivity index (χ1) is 6.15. The van der Waals surface area contributed by atoms with Crippen molar-refractivity contribution in [2.45, 2.75) is 6.92 Å². The Morgan fingerprint density at radius 1 is 1.77 bits per heavy atom. The Morgan fingerprint density at radius 2 is 2.46 bits per heavy atom. The molecule has 0 aliphatic heterocycles. The van der Waals surface area contributed by atoms with E-state index in [0.29, 0.717) is 9.77 Å². The van der Waals surface area contributed by atoms with E-state index in [9.17, 15) is 0 Å². The number of H-pyrrole nitrogens is 1. The lowest BCUT2D eigenvalue weighted by molar-refractivity contribution is 1.34. The third kappa shape index (κ3) is 2.44. The quantitative estimate of drug-likeness (QED) is 0.339. The highest BCUT2D eigenvalue weighted by atomic mass is 32.1. The summed E-state index contributed by atoms with van der Waals surface area (Å²) in [6.45, 7) is 1.96. The smallest absolute Gasteiger partial charge is 0.101 e.